The lowest BCUT2D eigenvalue weighted by molar-refractivity contribution is -0.384. The van der Waals surface area contributed by atoms with E-state index in [4.69, 9.17) is 0 Å². The number of nitro benzene ring substituents is 1. The third kappa shape index (κ3) is 3.73. The standard InChI is InChI=1S/C21H14N6O5S/c28-27(29)17-8-6-14(7-9-17)19-20-21(25(22-19)15-4-2-1-3-5-15)24-26(23-20)16-10-12-18(13-11-16)33(30,31)32/h1-13H,(H,30,31,32). The fraction of sp³-hybridized carbons (Fsp3) is 0. The molecule has 0 bridgehead atoms. The molecule has 5 rings (SSSR count). The second kappa shape index (κ2) is 7.62. The van der Waals surface area contributed by atoms with E-state index in [0.717, 1.165) is 5.69 Å². The quantitative estimate of drug-likeness (QED) is 0.237. The lowest BCUT2D eigenvalue weighted by Crippen LogP contribution is -2.03. The smallest absolute Gasteiger partial charge is 0.282 e. The molecule has 0 atom stereocenters. The van der Waals surface area contributed by atoms with Gasteiger partial charge >= 0.3 is 0 Å². The molecule has 11 nitrogen and oxygen atoms in total. The minimum atomic E-state index is -4.32. The average molecular weight is 462 g/mol. The molecule has 2 heterocycles. The zero-order valence-corrected chi connectivity index (χ0v) is 17.5. The third-order valence-corrected chi connectivity index (χ3v) is 5.81. The van der Waals surface area contributed by atoms with E-state index in [1.807, 2.05) is 30.3 Å². The molecule has 0 fully saturated rings. The van der Waals surface area contributed by atoms with Crippen LogP contribution >= 0.6 is 0 Å². The maximum absolute atomic E-state index is 11.3. The first-order valence-corrected chi connectivity index (χ1v) is 11.0. The molecule has 3 aromatic carbocycles. The lowest BCUT2D eigenvalue weighted by atomic mass is 10.1. The van der Waals surface area contributed by atoms with Crippen molar-refractivity contribution in [1.29, 1.82) is 0 Å². The molecule has 33 heavy (non-hydrogen) atoms. The predicted molar refractivity (Wildman–Crippen MR) is 118 cm³/mol. The second-order valence-electron chi connectivity index (χ2n) is 7.03. The SMILES string of the molecule is O=[N+]([O-])c1ccc(-c2nn(-c3ccccc3)c3nn(-c4ccc(S(=O)(=O)O)cc4)nc23)cc1. The van der Waals surface area contributed by atoms with Crippen molar-refractivity contribution >= 4 is 27.0 Å². The molecule has 0 saturated carbocycles. The molecule has 0 aliphatic heterocycles. The molecular weight excluding hydrogens is 448 g/mol. The van der Waals surface area contributed by atoms with E-state index in [0.29, 0.717) is 28.1 Å². The Labute approximate surface area is 186 Å². The Morgan fingerprint density at radius 3 is 2.09 bits per heavy atom. The zero-order chi connectivity index (χ0) is 23.2. The summed E-state index contributed by atoms with van der Waals surface area (Å²) < 4.78 is 33.4. The summed E-state index contributed by atoms with van der Waals surface area (Å²) >= 11 is 0. The van der Waals surface area contributed by atoms with Crippen LogP contribution in [0.25, 0.3) is 33.8 Å². The second-order valence-corrected chi connectivity index (χ2v) is 8.45. The molecule has 0 spiro atoms. The highest BCUT2D eigenvalue weighted by atomic mass is 32.2. The van der Waals surface area contributed by atoms with Gasteiger partial charge < -0.3 is 0 Å². The minimum absolute atomic E-state index is 0.0416. The largest absolute Gasteiger partial charge is 0.294 e. The topological polar surface area (TPSA) is 146 Å². The Kier molecular flexibility index (Phi) is 4.73. The van der Waals surface area contributed by atoms with Crippen LogP contribution < -0.4 is 0 Å². The summed E-state index contributed by atoms with van der Waals surface area (Å²) in [6, 6.07) is 20.7. The van der Waals surface area contributed by atoms with Gasteiger partial charge in [0, 0.05) is 17.7 Å². The van der Waals surface area contributed by atoms with E-state index >= 15 is 0 Å². The van der Waals surface area contributed by atoms with Gasteiger partial charge in [-0.25, -0.2) is 4.68 Å². The van der Waals surface area contributed by atoms with Gasteiger partial charge in [0.25, 0.3) is 15.8 Å². The summed E-state index contributed by atoms with van der Waals surface area (Å²) in [6.45, 7) is 0. The molecule has 164 valence electrons. The highest BCUT2D eigenvalue weighted by Crippen LogP contribution is 2.29. The van der Waals surface area contributed by atoms with Crippen LogP contribution in [0.4, 0.5) is 5.69 Å². The molecule has 2 aromatic heterocycles. The van der Waals surface area contributed by atoms with Gasteiger partial charge in [-0.15, -0.1) is 15.0 Å². The van der Waals surface area contributed by atoms with Crippen molar-refractivity contribution < 1.29 is 17.9 Å². The van der Waals surface area contributed by atoms with Gasteiger partial charge in [0.15, 0.2) is 5.52 Å². The number of hydrogen-bond donors (Lipinski definition) is 1. The first-order valence-electron chi connectivity index (χ1n) is 9.55. The number of fused-ring (bicyclic) bond motifs is 1. The van der Waals surface area contributed by atoms with Gasteiger partial charge in [-0.2, -0.15) is 13.5 Å². The first kappa shape index (κ1) is 20.5. The van der Waals surface area contributed by atoms with E-state index in [1.54, 1.807) is 16.8 Å². The molecule has 0 unspecified atom stereocenters. The van der Waals surface area contributed by atoms with Gasteiger partial charge in [-0.05, 0) is 48.5 Å². The summed E-state index contributed by atoms with van der Waals surface area (Å²) in [6.07, 6.45) is 0. The molecule has 1 N–H and O–H groups in total. The Morgan fingerprint density at radius 1 is 0.818 bits per heavy atom. The van der Waals surface area contributed by atoms with Crippen LogP contribution in [0.1, 0.15) is 0 Å². The molecule has 0 aliphatic rings. The fourth-order valence-electron chi connectivity index (χ4n) is 3.34. The summed E-state index contributed by atoms with van der Waals surface area (Å²) in [4.78, 5) is 11.6. The number of rotatable bonds is 5. The van der Waals surface area contributed by atoms with Gasteiger partial charge in [0.2, 0.25) is 5.65 Å². The molecule has 12 heteroatoms. The Hall–Kier alpha value is -4.42. The van der Waals surface area contributed by atoms with Crippen molar-refractivity contribution in [3.8, 4) is 22.6 Å². The van der Waals surface area contributed by atoms with Crippen LogP contribution in [0.5, 0.6) is 0 Å². The van der Waals surface area contributed by atoms with Gasteiger partial charge in [-0.1, -0.05) is 18.2 Å². The maximum Gasteiger partial charge on any atom is 0.294 e. The molecular formula is C21H14N6O5S. The third-order valence-electron chi connectivity index (χ3n) is 4.94. The van der Waals surface area contributed by atoms with Gasteiger partial charge in [-0.3, -0.25) is 14.7 Å². The van der Waals surface area contributed by atoms with Crippen molar-refractivity contribution in [2.24, 2.45) is 0 Å². The monoisotopic (exact) mass is 462 g/mol. The van der Waals surface area contributed by atoms with Crippen LogP contribution in [0.15, 0.2) is 83.8 Å². The van der Waals surface area contributed by atoms with Crippen LogP contribution in [0.2, 0.25) is 0 Å². The number of para-hydroxylation sites is 1. The Bertz CT molecular complexity index is 1590. The van der Waals surface area contributed by atoms with Crippen molar-refractivity contribution in [1.82, 2.24) is 24.8 Å². The summed E-state index contributed by atoms with van der Waals surface area (Å²) in [5, 5.41) is 24.7. The van der Waals surface area contributed by atoms with Crippen LogP contribution in [-0.2, 0) is 10.1 Å². The number of non-ortho nitro benzene ring substituents is 1. The summed E-state index contributed by atoms with van der Waals surface area (Å²) in [7, 11) is -4.32. The highest BCUT2D eigenvalue weighted by molar-refractivity contribution is 7.85. The minimum Gasteiger partial charge on any atom is -0.282 e. The van der Waals surface area contributed by atoms with Crippen molar-refractivity contribution in [3.05, 3.63) is 89.0 Å². The number of benzene rings is 3. The highest BCUT2D eigenvalue weighted by Gasteiger charge is 2.20. The van der Waals surface area contributed by atoms with Gasteiger partial charge in [0.05, 0.1) is 21.2 Å². The fourth-order valence-corrected chi connectivity index (χ4v) is 3.82. The molecule has 5 aromatic rings. The number of hydrogen-bond acceptors (Lipinski definition) is 7. The number of aromatic nitrogens is 5. The van der Waals surface area contributed by atoms with Crippen LogP contribution in [0.3, 0.4) is 0 Å². The van der Waals surface area contributed by atoms with Crippen LogP contribution in [0, 0.1) is 10.1 Å². The number of nitro groups is 1. The summed E-state index contributed by atoms with van der Waals surface area (Å²) in [5.74, 6) is 0. The van der Waals surface area contributed by atoms with Crippen molar-refractivity contribution in [2.75, 3.05) is 0 Å². The maximum atomic E-state index is 11.3. The van der Waals surface area contributed by atoms with E-state index in [-0.39, 0.29) is 10.6 Å². The van der Waals surface area contributed by atoms with Crippen molar-refractivity contribution in [2.45, 2.75) is 4.90 Å². The average Bonchev–Trinajstić information content (AvgIpc) is 3.39. The van der Waals surface area contributed by atoms with Crippen molar-refractivity contribution in [3.63, 3.8) is 0 Å². The molecule has 0 amide bonds. The number of nitrogens with zero attached hydrogens (tertiary/aromatic N) is 6. The van der Waals surface area contributed by atoms with E-state index < -0.39 is 15.0 Å². The van der Waals surface area contributed by atoms with Gasteiger partial charge in [0.1, 0.15) is 5.69 Å². The Morgan fingerprint density at radius 2 is 1.48 bits per heavy atom. The molecule has 0 aliphatic carbocycles. The first-order chi connectivity index (χ1) is 15.8. The summed E-state index contributed by atoms with van der Waals surface area (Å²) in [5.41, 5.74) is 3.15. The van der Waals surface area contributed by atoms with E-state index in [1.165, 1.54) is 41.2 Å². The Balaban J connectivity index is 1.68. The lowest BCUT2D eigenvalue weighted by Gasteiger charge is -2.03. The zero-order valence-electron chi connectivity index (χ0n) is 16.7. The van der Waals surface area contributed by atoms with Crippen LogP contribution in [-0.4, -0.2) is 42.7 Å². The van der Waals surface area contributed by atoms with E-state index in [2.05, 4.69) is 15.3 Å². The molecule has 0 radical (unpaired) electrons. The normalized spacial score (nSPS) is 11.7. The molecule has 0 saturated heterocycles. The predicted octanol–water partition coefficient (Wildman–Crippen LogP) is 3.43. The van der Waals surface area contributed by atoms with E-state index in [9.17, 15) is 23.1 Å².